The molecule has 0 atom stereocenters. The molecule has 0 spiro atoms. The van der Waals surface area contributed by atoms with E-state index in [9.17, 15) is 8.42 Å². The summed E-state index contributed by atoms with van der Waals surface area (Å²) in [6.07, 6.45) is 2.49. The van der Waals surface area contributed by atoms with Crippen molar-refractivity contribution in [3.05, 3.63) is 36.0 Å². The van der Waals surface area contributed by atoms with E-state index in [2.05, 4.69) is 19.9 Å². The predicted molar refractivity (Wildman–Crippen MR) is 110 cm³/mol. The van der Waals surface area contributed by atoms with Crippen molar-refractivity contribution >= 4 is 45.7 Å². The number of aromatic nitrogens is 1. The van der Waals surface area contributed by atoms with Gasteiger partial charge in [-0.25, -0.2) is 13.1 Å². The van der Waals surface area contributed by atoms with Gasteiger partial charge in [0.05, 0.1) is 10.4 Å². The summed E-state index contributed by atoms with van der Waals surface area (Å²) >= 11 is 0. The average Bonchev–Trinajstić information content (AvgIpc) is 2.60. The molecule has 1 aliphatic heterocycles. The van der Waals surface area contributed by atoms with Crippen molar-refractivity contribution in [1.29, 1.82) is 0 Å². The van der Waals surface area contributed by atoms with Gasteiger partial charge in [-0.2, -0.15) is 0 Å². The van der Waals surface area contributed by atoms with Crippen LogP contribution in [0.5, 0.6) is 0 Å². The molecule has 0 aliphatic carbocycles. The van der Waals surface area contributed by atoms with Gasteiger partial charge in [0.1, 0.15) is 0 Å². The number of benzene rings is 1. The molecule has 1 aromatic carbocycles. The number of nitrogens with one attached hydrogen (secondary N) is 2. The molecular weight excluding hydrogens is 395 g/mol. The van der Waals surface area contributed by atoms with E-state index in [4.69, 9.17) is 0 Å². The second-order valence-electron chi connectivity index (χ2n) is 6.12. The Morgan fingerprint density at radius 3 is 2.65 bits per heavy atom. The Bertz CT molecular complexity index is 812. The van der Waals surface area contributed by atoms with Crippen molar-refractivity contribution in [2.75, 3.05) is 39.3 Å². The maximum absolute atomic E-state index is 12.6. The van der Waals surface area contributed by atoms with E-state index in [-0.39, 0.29) is 24.8 Å². The van der Waals surface area contributed by atoms with Crippen LogP contribution in [-0.4, -0.2) is 57.6 Å². The highest BCUT2D eigenvalue weighted by Crippen LogP contribution is 2.23. The second-order valence-corrected chi connectivity index (χ2v) is 7.86. The van der Waals surface area contributed by atoms with Gasteiger partial charge in [-0.15, -0.1) is 24.8 Å². The molecule has 26 heavy (non-hydrogen) atoms. The van der Waals surface area contributed by atoms with Gasteiger partial charge in [-0.1, -0.05) is 6.07 Å². The SMILES string of the molecule is Cc1ccc(S(=O)(=O)NCCCN2CCNCC2)c2cccnc12.Cl.Cl. The quantitative estimate of drug-likeness (QED) is 0.698. The standard InChI is InChI=1S/C17H24N4O2S.2ClH/c1-14-5-6-16(15-4-2-7-19-17(14)15)24(22,23)20-8-3-11-21-12-9-18-10-13-21;;/h2,4-7,18,20H,3,8-13H2,1H3;2*1H. The molecule has 0 radical (unpaired) electrons. The van der Waals surface area contributed by atoms with Crippen LogP contribution in [-0.2, 0) is 10.0 Å². The zero-order valence-corrected chi connectivity index (χ0v) is 17.2. The first-order chi connectivity index (χ1) is 11.6. The van der Waals surface area contributed by atoms with E-state index in [1.807, 2.05) is 19.1 Å². The lowest BCUT2D eigenvalue weighted by molar-refractivity contribution is 0.239. The van der Waals surface area contributed by atoms with Crippen LogP contribution < -0.4 is 10.0 Å². The van der Waals surface area contributed by atoms with Gasteiger partial charge >= 0.3 is 0 Å². The topological polar surface area (TPSA) is 74.3 Å². The minimum absolute atomic E-state index is 0. The summed E-state index contributed by atoms with van der Waals surface area (Å²) in [7, 11) is -3.53. The van der Waals surface area contributed by atoms with Crippen LogP contribution in [0.15, 0.2) is 35.4 Å². The smallest absolute Gasteiger partial charge is 0.241 e. The monoisotopic (exact) mass is 420 g/mol. The minimum Gasteiger partial charge on any atom is -0.314 e. The maximum atomic E-state index is 12.6. The third kappa shape index (κ3) is 5.52. The molecule has 1 aliphatic rings. The van der Waals surface area contributed by atoms with E-state index in [0.29, 0.717) is 16.8 Å². The summed E-state index contributed by atoms with van der Waals surface area (Å²) in [6, 6.07) is 7.05. The zero-order chi connectivity index (χ0) is 17.0. The van der Waals surface area contributed by atoms with Gasteiger partial charge in [0.2, 0.25) is 10.0 Å². The fourth-order valence-corrected chi connectivity index (χ4v) is 4.31. The molecular formula is C17H26Cl2N4O2S. The summed E-state index contributed by atoms with van der Waals surface area (Å²) in [5.74, 6) is 0. The fraction of sp³-hybridized carbons (Fsp3) is 0.471. The van der Waals surface area contributed by atoms with Gasteiger partial charge in [0.15, 0.2) is 0 Å². The average molecular weight is 421 g/mol. The van der Waals surface area contributed by atoms with Crippen LogP contribution in [0.3, 0.4) is 0 Å². The number of sulfonamides is 1. The highest BCUT2D eigenvalue weighted by atomic mass is 35.5. The highest BCUT2D eigenvalue weighted by Gasteiger charge is 2.18. The Hall–Kier alpha value is -0.960. The van der Waals surface area contributed by atoms with Crippen molar-refractivity contribution in [3.63, 3.8) is 0 Å². The first-order valence-corrected chi connectivity index (χ1v) is 9.83. The summed E-state index contributed by atoms with van der Waals surface area (Å²) in [5.41, 5.74) is 1.71. The van der Waals surface area contributed by atoms with Crippen molar-refractivity contribution < 1.29 is 8.42 Å². The molecule has 9 heteroatoms. The fourth-order valence-electron chi connectivity index (χ4n) is 3.04. The third-order valence-electron chi connectivity index (χ3n) is 4.37. The Labute approximate surface area is 167 Å². The molecule has 1 fully saturated rings. The van der Waals surface area contributed by atoms with Gasteiger partial charge in [-0.3, -0.25) is 4.98 Å². The molecule has 2 aromatic rings. The van der Waals surface area contributed by atoms with E-state index >= 15 is 0 Å². The Morgan fingerprint density at radius 2 is 1.92 bits per heavy atom. The van der Waals surface area contributed by atoms with E-state index < -0.39 is 10.0 Å². The number of rotatable bonds is 6. The molecule has 3 rings (SSSR count). The van der Waals surface area contributed by atoms with E-state index in [0.717, 1.165) is 50.2 Å². The van der Waals surface area contributed by atoms with Crippen LogP contribution in [0, 0.1) is 6.92 Å². The number of fused-ring (bicyclic) bond motifs is 1. The third-order valence-corrected chi connectivity index (χ3v) is 5.89. The van der Waals surface area contributed by atoms with Crippen LogP contribution in [0.25, 0.3) is 10.9 Å². The lowest BCUT2D eigenvalue weighted by Gasteiger charge is -2.27. The van der Waals surface area contributed by atoms with Crippen LogP contribution in [0.1, 0.15) is 12.0 Å². The van der Waals surface area contributed by atoms with Crippen molar-refractivity contribution in [2.45, 2.75) is 18.2 Å². The molecule has 2 heterocycles. The number of halogens is 2. The van der Waals surface area contributed by atoms with Gasteiger partial charge in [-0.05, 0) is 43.7 Å². The summed E-state index contributed by atoms with van der Waals surface area (Å²) < 4.78 is 28.0. The van der Waals surface area contributed by atoms with Gasteiger partial charge in [0.25, 0.3) is 0 Å². The molecule has 1 aromatic heterocycles. The Balaban J connectivity index is 0.00000169. The van der Waals surface area contributed by atoms with Gasteiger partial charge < -0.3 is 10.2 Å². The summed E-state index contributed by atoms with van der Waals surface area (Å²) in [6.45, 7) is 7.37. The van der Waals surface area contributed by atoms with Crippen molar-refractivity contribution in [3.8, 4) is 0 Å². The molecule has 0 saturated carbocycles. The second kappa shape index (κ2) is 10.4. The number of piperazine rings is 1. The first-order valence-electron chi connectivity index (χ1n) is 8.35. The van der Waals surface area contributed by atoms with Crippen LogP contribution in [0.2, 0.25) is 0 Å². The molecule has 0 amide bonds. The molecule has 146 valence electrons. The maximum Gasteiger partial charge on any atom is 0.241 e. The Morgan fingerprint density at radius 1 is 1.19 bits per heavy atom. The van der Waals surface area contributed by atoms with Crippen LogP contribution in [0.4, 0.5) is 0 Å². The molecule has 6 nitrogen and oxygen atoms in total. The number of hydrogen-bond donors (Lipinski definition) is 2. The minimum atomic E-state index is -3.53. The number of nitrogens with zero attached hydrogens (tertiary/aromatic N) is 2. The summed E-state index contributed by atoms with van der Waals surface area (Å²) in [4.78, 5) is 6.97. The van der Waals surface area contributed by atoms with Crippen LogP contribution >= 0.6 is 24.8 Å². The first kappa shape index (κ1) is 23.1. The zero-order valence-electron chi connectivity index (χ0n) is 14.8. The summed E-state index contributed by atoms with van der Waals surface area (Å²) in [5, 5.41) is 3.99. The van der Waals surface area contributed by atoms with Crippen molar-refractivity contribution in [1.82, 2.24) is 19.9 Å². The molecule has 1 saturated heterocycles. The number of aryl methyl sites for hydroxylation is 1. The lowest BCUT2D eigenvalue weighted by Crippen LogP contribution is -2.44. The van der Waals surface area contributed by atoms with E-state index in [1.165, 1.54) is 0 Å². The number of hydrogen-bond acceptors (Lipinski definition) is 5. The Kier molecular flexibility index (Phi) is 9.23. The lowest BCUT2D eigenvalue weighted by atomic mass is 10.1. The van der Waals surface area contributed by atoms with Gasteiger partial charge in [0, 0.05) is 44.3 Å². The van der Waals surface area contributed by atoms with E-state index in [1.54, 1.807) is 18.3 Å². The molecule has 2 N–H and O–H groups in total. The predicted octanol–water partition coefficient (Wildman–Crippen LogP) is 1.96. The van der Waals surface area contributed by atoms with Crippen molar-refractivity contribution in [2.24, 2.45) is 0 Å². The molecule has 0 unspecified atom stereocenters. The number of pyridine rings is 1. The normalized spacial score (nSPS) is 15.3. The largest absolute Gasteiger partial charge is 0.314 e. The highest BCUT2D eigenvalue weighted by molar-refractivity contribution is 7.89. The molecule has 0 bridgehead atoms.